The lowest BCUT2D eigenvalue weighted by molar-refractivity contribution is -0.270. The molecule has 37 nitrogen and oxygen atoms in total. The Morgan fingerprint density at radius 3 is 0.832 bits per heavy atom. The van der Waals surface area contributed by atoms with Crippen LogP contribution in [-0.2, 0) is 145 Å². The summed E-state index contributed by atoms with van der Waals surface area (Å²) in [6.07, 6.45) is -13.3. The molecule has 0 saturated carbocycles. The van der Waals surface area contributed by atoms with Crippen molar-refractivity contribution < 1.29 is 163 Å². The molecule has 16 N–H and O–H groups in total. The molecule has 19 unspecified atom stereocenters. The highest BCUT2D eigenvalue weighted by Gasteiger charge is 2.48. The second-order valence-electron chi connectivity index (χ2n) is 24.0. The lowest BCUT2D eigenvalue weighted by Crippen LogP contribution is -2.64. The zero-order chi connectivity index (χ0) is 75.2. The average Bonchev–Trinajstić information content (AvgIpc) is 0.817. The van der Waals surface area contributed by atoms with Crippen LogP contribution >= 0.6 is 26.9 Å². The van der Waals surface area contributed by atoms with Gasteiger partial charge >= 0.3 is 26.9 Å². The second kappa shape index (κ2) is 50.5. The van der Waals surface area contributed by atoms with E-state index in [-0.39, 0.29) is 151 Å². The Hall–Kier alpha value is -0.230. The predicted molar refractivity (Wildman–Crippen MR) is 370 cm³/mol. The van der Waals surface area contributed by atoms with Crippen LogP contribution in [0.4, 0.5) is 0 Å². The van der Waals surface area contributed by atoms with E-state index >= 15 is 0 Å². The highest BCUT2D eigenvalue weighted by molar-refractivity contribution is 8.08. The number of nitrogens with one attached hydrogen (secondary N) is 3. The van der Waals surface area contributed by atoms with Crippen molar-refractivity contribution in [2.75, 3.05) is 139 Å². The summed E-state index contributed by atoms with van der Waals surface area (Å²) >= 11 is 20.8. The number of rotatable bonds is 57. The van der Waals surface area contributed by atoms with Crippen molar-refractivity contribution in [2.45, 2.75) is 197 Å². The van der Waals surface area contributed by atoms with E-state index < -0.39 is 162 Å². The van der Waals surface area contributed by atoms with Gasteiger partial charge in [-0.3, -0.25) is 14.4 Å². The third kappa shape index (κ3) is 38.8. The maximum Gasteiger partial charge on any atom is 0.324 e. The zero-order valence-corrected chi connectivity index (χ0v) is 64.3. The van der Waals surface area contributed by atoms with Gasteiger partial charge in [-0.05, 0) is 125 Å². The molecule has 0 aromatic carbocycles. The Kier molecular flexibility index (Phi) is 47.5. The van der Waals surface area contributed by atoms with Gasteiger partial charge < -0.3 is 165 Å². The third-order valence-corrected chi connectivity index (χ3v) is 21.4. The molecular weight excluding hydrogens is 1510 g/mol. The summed E-state index contributed by atoms with van der Waals surface area (Å²) in [7, 11) is 0. The monoisotopic (exact) mass is 1620 g/mol. The van der Waals surface area contributed by atoms with Crippen LogP contribution in [-0.4, -0.2) is 320 Å². The van der Waals surface area contributed by atoms with Gasteiger partial charge in [0.25, 0.3) is 0 Å². The van der Waals surface area contributed by atoms with Crippen LogP contribution in [0.25, 0.3) is 0 Å². The van der Waals surface area contributed by atoms with Crippen molar-refractivity contribution in [2.24, 2.45) is 5.41 Å². The van der Waals surface area contributed by atoms with Gasteiger partial charge in [0.15, 0.2) is 18.9 Å². The van der Waals surface area contributed by atoms with Gasteiger partial charge in [0.05, 0.1) is 104 Å². The molecule has 0 radical (unpaired) electrons. The Balaban J connectivity index is 1.60. The molecule has 3 rings (SSSR count). The number of hydrogen-bond donors (Lipinski definition) is 16. The van der Waals surface area contributed by atoms with Crippen LogP contribution in [0, 0.1) is 5.41 Å². The van der Waals surface area contributed by atoms with Crippen molar-refractivity contribution >= 4 is 91.8 Å². The first-order chi connectivity index (χ1) is 47.7. The number of carbonyl (C=O) groups excluding carboxylic acids is 3. The number of hydrogen-bond acceptors (Lipinski definition) is 34. The Labute approximate surface area is 609 Å². The first kappa shape index (κ1) is 95.0. The van der Waals surface area contributed by atoms with Crippen LogP contribution in [0.5, 0.6) is 0 Å². The van der Waals surface area contributed by atoms with Gasteiger partial charge in [0.2, 0.25) is 17.7 Å². The van der Waals surface area contributed by atoms with Gasteiger partial charge in [-0.1, -0.05) is 0 Å². The molecule has 0 aliphatic carbocycles. The summed E-state index contributed by atoms with van der Waals surface area (Å²) in [5.74, 6) is -1.51. The smallest absolute Gasteiger partial charge is 0.324 e. The molecule has 3 fully saturated rings. The van der Waals surface area contributed by atoms with Crippen molar-refractivity contribution in [3.05, 3.63) is 0 Å². The van der Waals surface area contributed by atoms with E-state index in [9.17, 15) is 79.9 Å². The van der Waals surface area contributed by atoms with E-state index in [2.05, 4.69) is 16.0 Å². The molecular formula is C56H109N3O34P4S4. The van der Waals surface area contributed by atoms with E-state index in [0.717, 1.165) is 0 Å². The van der Waals surface area contributed by atoms with Crippen LogP contribution < -0.4 is 16.0 Å². The number of ether oxygens (including phenoxy) is 10. The lowest BCUT2D eigenvalue weighted by Gasteiger charge is -2.42. The highest BCUT2D eigenvalue weighted by atomic mass is 32.5. The predicted octanol–water partition coefficient (Wildman–Crippen LogP) is -1.77. The molecule has 19 atom stereocenters. The molecule has 3 amide bonds. The van der Waals surface area contributed by atoms with Crippen molar-refractivity contribution in [3.63, 3.8) is 0 Å². The topological polar surface area (TPSA) is 516 Å². The lowest BCUT2D eigenvalue weighted by atomic mass is 9.92. The van der Waals surface area contributed by atoms with Gasteiger partial charge in [0.1, 0.15) is 73.1 Å². The summed E-state index contributed by atoms with van der Waals surface area (Å²) in [6, 6.07) is -3.34. The summed E-state index contributed by atoms with van der Waals surface area (Å²) in [5, 5.41) is 98.6. The Morgan fingerprint density at radius 2 is 0.604 bits per heavy atom. The molecule has 0 aromatic heterocycles. The average molecular weight is 1620 g/mol. The molecule has 0 aromatic rings. The minimum atomic E-state index is -3.74. The highest BCUT2D eigenvalue weighted by Crippen LogP contribution is 2.47. The largest absolute Gasteiger partial charge is 0.394 e. The number of unbranched alkanes of at least 4 members (excludes halogenated alkanes) is 3. The summed E-state index contributed by atoms with van der Waals surface area (Å²) < 4.78 is 103. The molecule has 3 aliphatic rings. The molecule has 0 spiro atoms. The van der Waals surface area contributed by atoms with Crippen molar-refractivity contribution in [1.29, 1.82) is 0 Å². The molecule has 3 aliphatic heterocycles. The summed E-state index contributed by atoms with van der Waals surface area (Å²) in [6.45, 7) is -9.50. The normalized spacial score (nSPS) is 28.7. The van der Waals surface area contributed by atoms with E-state index in [0.29, 0.717) is 38.5 Å². The quantitative estimate of drug-likeness (QED) is 0.0237. The fourth-order valence-corrected chi connectivity index (χ4v) is 15.2. The number of carbonyl (C=O) groups is 3. The molecule has 101 heavy (non-hydrogen) atoms. The summed E-state index contributed by atoms with van der Waals surface area (Å²) in [5.41, 5.74) is -1.05. The van der Waals surface area contributed by atoms with E-state index in [1.165, 1.54) is 20.8 Å². The minimum absolute atomic E-state index is 0.00497. The van der Waals surface area contributed by atoms with Crippen LogP contribution in [0.3, 0.4) is 0 Å². The fraction of sp³-hybridized carbons (Fsp3) is 0.946. The van der Waals surface area contributed by atoms with Crippen LogP contribution in [0.2, 0.25) is 0 Å². The number of aliphatic hydroxyl groups is 9. The van der Waals surface area contributed by atoms with Gasteiger partial charge in [-0.25, -0.2) is 0 Å². The second-order valence-corrected chi connectivity index (χ2v) is 35.3. The maximum atomic E-state index is 11.8. The van der Waals surface area contributed by atoms with Crippen LogP contribution in [0.1, 0.15) is 98.8 Å². The Morgan fingerprint density at radius 1 is 0.376 bits per heavy atom. The molecule has 596 valence electrons. The molecule has 3 saturated heterocycles. The van der Waals surface area contributed by atoms with Gasteiger partial charge in [-0.15, -0.1) is 0 Å². The third-order valence-electron chi connectivity index (χ3n) is 14.7. The minimum Gasteiger partial charge on any atom is -0.394 e. The standard InChI is InChI=1S/C56H109N3O34P4S4/c1-37(2)93-97(75,101)89-29-15-19-79-36-56(33-76-16-12-26-86-94(72,98)83-23-9-6-20-80-53-44(57-38(3)63)50(69)47(66)41(30-60)90-53,34-77-17-13-27-87-95(73,99)84-24-10-7-21-81-54-45(58-39(4)64)51(70)48(67)42(31-61)91-54)35-78-18-14-28-88-96(74,100)85-25-11-8-22-82-55-46(59-40(5)65)52(71)49(68)43(32-62)92-55/h37,41-55,60-62,66-71H,6-36H2,1-5H3,(H,57,63)(H,58,64)(H,59,65)(H,72,98)(H,73,99)(H,74,100)(H,75,101). The maximum absolute atomic E-state index is 11.8. The molecule has 0 bridgehead atoms. The first-order valence-corrected chi connectivity index (χ1v) is 43.4. The summed E-state index contributed by atoms with van der Waals surface area (Å²) in [4.78, 5) is 78.1. The number of aliphatic hydroxyl groups excluding tert-OH is 9. The van der Waals surface area contributed by atoms with Crippen molar-refractivity contribution in [1.82, 2.24) is 16.0 Å². The van der Waals surface area contributed by atoms with Gasteiger partial charge in [0, 0.05) is 67.0 Å². The Bertz CT molecular complexity index is 2300. The first-order valence-electron chi connectivity index (χ1n) is 33.1. The van der Waals surface area contributed by atoms with Gasteiger partial charge in [-0.2, -0.15) is 0 Å². The van der Waals surface area contributed by atoms with Crippen molar-refractivity contribution in [3.8, 4) is 0 Å². The van der Waals surface area contributed by atoms with Crippen LogP contribution in [0.15, 0.2) is 0 Å². The SMILES string of the molecule is CC(=O)NC1C(OCCCCOP(O)(=S)OCCCOCC(COCCCOP(O)(=S)OCCCCOC2OC(CO)C(O)C(O)C2NC(C)=O)(COCCCOP(O)(=S)OCCCCOC2OC(CO)C(O)C(O)C2NC(C)=O)COCCCOP(O)(=S)OC(C)C)OC(CO)C(O)C1O. The fourth-order valence-electron chi connectivity index (χ4n) is 9.77. The molecule has 45 heteroatoms. The molecule has 3 heterocycles. The van der Waals surface area contributed by atoms with E-state index in [1.807, 2.05) is 0 Å². The van der Waals surface area contributed by atoms with E-state index in [1.54, 1.807) is 13.8 Å². The van der Waals surface area contributed by atoms with E-state index in [4.69, 9.17) is 131 Å². The number of amides is 3. The zero-order valence-electron chi connectivity index (χ0n) is 57.5.